The molecular weight excluding hydrogens is 450 g/mol. The van der Waals surface area contributed by atoms with Crippen molar-refractivity contribution in [2.45, 2.75) is 12.5 Å². The SMILES string of the molecule is O=C1NC(=O)/C(=C/C(=O)N2N=C(c3ccc(Br)cc3)CC2c2cccs2)S1. The lowest BCUT2D eigenvalue weighted by atomic mass is 10.0. The van der Waals surface area contributed by atoms with Gasteiger partial charge in [-0.05, 0) is 40.9 Å². The highest BCUT2D eigenvalue weighted by molar-refractivity contribution is 9.10. The molecule has 2 aliphatic rings. The Labute approximate surface area is 171 Å². The van der Waals surface area contributed by atoms with Crippen molar-refractivity contribution >= 4 is 61.8 Å². The van der Waals surface area contributed by atoms with Gasteiger partial charge in [-0.15, -0.1) is 11.3 Å². The van der Waals surface area contributed by atoms with Crippen molar-refractivity contribution in [3.05, 3.63) is 67.7 Å². The zero-order valence-corrected chi connectivity index (χ0v) is 16.9. The minimum Gasteiger partial charge on any atom is -0.282 e. The van der Waals surface area contributed by atoms with E-state index in [-0.39, 0.29) is 10.9 Å². The Balaban J connectivity index is 1.66. The molecule has 9 heteroatoms. The van der Waals surface area contributed by atoms with E-state index in [9.17, 15) is 14.4 Å². The molecule has 0 bridgehead atoms. The highest BCUT2D eigenvalue weighted by atomic mass is 79.9. The average molecular weight is 462 g/mol. The molecular formula is C18H12BrN3O3S2. The number of halogens is 1. The molecule has 1 atom stereocenters. The van der Waals surface area contributed by atoms with Crippen molar-refractivity contribution in [3.8, 4) is 0 Å². The molecule has 0 aliphatic carbocycles. The Kier molecular flexibility index (Phi) is 4.98. The lowest BCUT2D eigenvalue weighted by molar-refractivity contribution is -0.128. The first-order valence-corrected chi connectivity index (χ1v) is 10.4. The number of thiophene rings is 1. The van der Waals surface area contributed by atoms with Crippen molar-refractivity contribution in [1.82, 2.24) is 10.3 Å². The van der Waals surface area contributed by atoms with Crippen molar-refractivity contribution < 1.29 is 14.4 Å². The molecule has 1 unspecified atom stereocenters. The molecule has 2 aliphatic heterocycles. The summed E-state index contributed by atoms with van der Waals surface area (Å²) < 4.78 is 0.964. The minimum absolute atomic E-state index is 0.0854. The zero-order valence-electron chi connectivity index (χ0n) is 13.7. The number of imide groups is 1. The molecule has 4 rings (SSSR count). The monoisotopic (exact) mass is 461 g/mol. The van der Waals surface area contributed by atoms with Gasteiger partial charge < -0.3 is 0 Å². The third-order valence-corrected chi connectivity index (χ3v) is 6.39. The van der Waals surface area contributed by atoms with Crippen LogP contribution in [0.3, 0.4) is 0 Å². The van der Waals surface area contributed by atoms with E-state index in [1.54, 1.807) is 11.3 Å². The number of amides is 3. The predicted molar refractivity (Wildman–Crippen MR) is 108 cm³/mol. The van der Waals surface area contributed by atoms with E-state index in [4.69, 9.17) is 0 Å². The predicted octanol–water partition coefficient (Wildman–Crippen LogP) is 4.06. The normalized spacial score (nSPS) is 20.9. The third-order valence-electron chi connectivity index (χ3n) is 4.08. The molecule has 1 fully saturated rings. The van der Waals surface area contributed by atoms with Crippen LogP contribution in [0.5, 0.6) is 0 Å². The van der Waals surface area contributed by atoms with Crippen LogP contribution in [0.25, 0.3) is 0 Å². The van der Waals surface area contributed by atoms with Crippen LogP contribution in [0.4, 0.5) is 4.79 Å². The van der Waals surface area contributed by atoms with E-state index in [2.05, 4.69) is 26.3 Å². The first-order valence-electron chi connectivity index (χ1n) is 7.96. The Morgan fingerprint density at radius 2 is 2.04 bits per heavy atom. The van der Waals surface area contributed by atoms with Gasteiger partial charge in [0, 0.05) is 21.8 Å². The second-order valence-corrected chi connectivity index (χ2v) is 8.73. The number of carbonyl (C=O) groups excluding carboxylic acids is 3. The number of thioether (sulfide) groups is 1. The van der Waals surface area contributed by atoms with Gasteiger partial charge in [0.2, 0.25) is 0 Å². The van der Waals surface area contributed by atoms with Gasteiger partial charge >= 0.3 is 0 Å². The number of hydrogen-bond donors (Lipinski definition) is 1. The van der Waals surface area contributed by atoms with Crippen molar-refractivity contribution in [2.75, 3.05) is 0 Å². The standard InChI is InChI=1S/C18H12BrN3O3S2/c19-11-5-3-10(4-6-11)12-8-13(14-2-1-7-26-14)22(21-12)16(23)9-15-17(24)20-18(25)27-15/h1-7,9,13H,8H2,(H,20,24,25)/b15-9-. The van der Waals surface area contributed by atoms with Crippen molar-refractivity contribution in [3.63, 3.8) is 0 Å². The number of hydrazone groups is 1. The van der Waals surface area contributed by atoms with Crippen LogP contribution in [-0.2, 0) is 9.59 Å². The third kappa shape index (κ3) is 3.76. The zero-order chi connectivity index (χ0) is 19.0. The lowest BCUT2D eigenvalue weighted by Crippen LogP contribution is -2.25. The molecule has 0 saturated carbocycles. The Morgan fingerprint density at radius 3 is 2.67 bits per heavy atom. The summed E-state index contributed by atoms with van der Waals surface area (Å²) in [5, 5.41) is 9.55. The maximum absolute atomic E-state index is 12.8. The molecule has 1 saturated heterocycles. The molecule has 3 heterocycles. The summed E-state index contributed by atoms with van der Waals surface area (Å²) in [4.78, 5) is 37.0. The van der Waals surface area contributed by atoms with Crippen LogP contribution in [0.1, 0.15) is 22.9 Å². The van der Waals surface area contributed by atoms with Gasteiger partial charge in [0.1, 0.15) is 0 Å². The fourth-order valence-corrected chi connectivity index (χ4v) is 4.56. The first kappa shape index (κ1) is 18.1. The van der Waals surface area contributed by atoms with Gasteiger partial charge in [-0.25, -0.2) is 5.01 Å². The number of nitrogens with one attached hydrogen (secondary N) is 1. The highest BCUT2D eigenvalue weighted by Gasteiger charge is 2.34. The minimum atomic E-state index is -0.553. The molecule has 27 heavy (non-hydrogen) atoms. The quantitative estimate of drug-likeness (QED) is 0.698. The van der Waals surface area contributed by atoms with Gasteiger partial charge in [0.05, 0.1) is 16.7 Å². The largest absolute Gasteiger partial charge is 0.290 e. The number of benzene rings is 1. The van der Waals surface area contributed by atoms with Crippen molar-refractivity contribution in [2.24, 2.45) is 5.10 Å². The summed E-state index contributed by atoms with van der Waals surface area (Å²) in [7, 11) is 0. The van der Waals surface area contributed by atoms with Crippen LogP contribution in [0.2, 0.25) is 0 Å². The van der Waals surface area contributed by atoms with E-state index in [1.165, 1.54) is 11.1 Å². The van der Waals surface area contributed by atoms with Gasteiger partial charge in [-0.3, -0.25) is 19.7 Å². The van der Waals surface area contributed by atoms with Gasteiger partial charge in [0.25, 0.3) is 17.1 Å². The summed E-state index contributed by atoms with van der Waals surface area (Å²) >= 11 is 5.69. The van der Waals surface area contributed by atoms with Gasteiger partial charge in [0.15, 0.2) is 0 Å². The van der Waals surface area contributed by atoms with E-state index >= 15 is 0 Å². The molecule has 0 spiro atoms. The molecule has 6 nitrogen and oxygen atoms in total. The van der Waals surface area contributed by atoms with Crippen LogP contribution >= 0.6 is 39.0 Å². The summed E-state index contributed by atoms with van der Waals surface area (Å²) in [5.41, 5.74) is 1.73. The molecule has 0 radical (unpaired) electrons. The fraction of sp³-hybridized carbons (Fsp3) is 0.111. The van der Waals surface area contributed by atoms with E-state index in [0.29, 0.717) is 6.42 Å². The molecule has 2 aromatic rings. The van der Waals surface area contributed by atoms with E-state index in [1.807, 2.05) is 41.8 Å². The highest BCUT2D eigenvalue weighted by Crippen LogP contribution is 2.36. The second kappa shape index (κ2) is 7.41. The van der Waals surface area contributed by atoms with Crippen LogP contribution in [-0.4, -0.2) is 27.8 Å². The maximum atomic E-state index is 12.8. The Morgan fingerprint density at radius 1 is 1.26 bits per heavy atom. The Hall–Kier alpha value is -2.23. The first-order chi connectivity index (χ1) is 13.0. The van der Waals surface area contributed by atoms with Gasteiger partial charge in [-0.2, -0.15) is 5.10 Å². The topological polar surface area (TPSA) is 78.8 Å². The summed E-state index contributed by atoms with van der Waals surface area (Å²) in [6, 6.07) is 11.4. The van der Waals surface area contributed by atoms with E-state index < -0.39 is 17.1 Å². The average Bonchev–Trinajstić information content (AvgIpc) is 3.36. The number of hydrogen-bond acceptors (Lipinski definition) is 6. The van der Waals surface area contributed by atoms with E-state index in [0.717, 1.165) is 32.4 Å². The summed E-state index contributed by atoms with van der Waals surface area (Å²) in [6.45, 7) is 0. The van der Waals surface area contributed by atoms with Crippen molar-refractivity contribution in [1.29, 1.82) is 0 Å². The molecule has 3 amide bonds. The number of carbonyl (C=O) groups is 3. The smallest absolute Gasteiger partial charge is 0.282 e. The number of nitrogens with zero attached hydrogens (tertiary/aromatic N) is 2. The lowest BCUT2D eigenvalue weighted by Gasteiger charge is -2.19. The molecule has 1 aromatic heterocycles. The Bertz CT molecular complexity index is 984. The van der Waals surface area contributed by atoms with Gasteiger partial charge in [-0.1, -0.05) is 34.1 Å². The maximum Gasteiger partial charge on any atom is 0.290 e. The van der Waals surface area contributed by atoms with Crippen LogP contribution in [0, 0.1) is 0 Å². The fourth-order valence-electron chi connectivity index (χ4n) is 2.83. The molecule has 1 N–H and O–H groups in total. The number of rotatable bonds is 3. The summed E-state index contributed by atoms with van der Waals surface area (Å²) in [6.07, 6.45) is 1.76. The summed E-state index contributed by atoms with van der Waals surface area (Å²) in [5.74, 6) is -0.977. The second-order valence-electron chi connectivity index (χ2n) is 5.82. The van der Waals surface area contributed by atoms with Crippen LogP contribution in [0.15, 0.2) is 62.3 Å². The molecule has 1 aromatic carbocycles. The van der Waals surface area contributed by atoms with Crippen LogP contribution < -0.4 is 5.32 Å². The molecule has 136 valence electrons.